The van der Waals surface area contributed by atoms with Crippen LogP contribution in [0.15, 0.2) is 22.9 Å². The van der Waals surface area contributed by atoms with E-state index in [0.29, 0.717) is 34.8 Å². The molecule has 0 aliphatic carbocycles. The van der Waals surface area contributed by atoms with Crippen LogP contribution in [0.1, 0.15) is 25.7 Å². The molecular weight excluding hydrogens is 326 g/mol. The van der Waals surface area contributed by atoms with Crippen molar-refractivity contribution in [3.63, 3.8) is 0 Å². The van der Waals surface area contributed by atoms with Crippen LogP contribution < -0.4 is 0 Å². The summed E-state index contributed by atoms with van der Waals surface area (Å²) in [5.74, 6) is -1.25. The summed E-state index contributed by atoms with van der Waals surface area (Å²) in [4.78, 5) is 10.5. The van der Waals surface area contributed by atoms with Gasteiger partial charge in [0.05, 0.1) is 20.9 Å². The number of thiophene rings is 2. The number of hydrogen-bond donors (Lipinski definition) is 0. The highest BCUT2D eigenvalue weighted by Crippen LogP contribution is 2.40. The minimum Gasteiger partial charge on any atom is -0.287 e. The Balaban J connectivity index is 2.49. The Morgan fingerprint density at radius 2 is 1.15 bits per heavy atom. The molecule has 0 aromatic carbocycles. The first kappa shape index (κ1) is 15.0. The number of halogens is 6. The van der Waals surface area contributed by atoms with Crippen molar-refractivity contribution >= 4 is 28.5 Å². The van der Waals surface area contributed by atoms with Crippen molar-refractivity contribution in [2.45, 2.75) is 12.4 Å². The van der Waals surface area contributed by atoms with Gasteiger partial charge in [0.15, 0.2) is 0 Å². The number of hydrogen-bond acceptors (Lipinski definition) is 3. The predicted octanol–water partition coefficient (Wildman–Crippen LogP) is 5.08. The van der Waals surface area contributed by atoms with E-state index in [-0.39, 0.29) is 0 Å². The first-order chi connectivity index (χ1) is 9.12. The van der Waals surface area contributed by atoms with E-state index in [1.54, 1.807) is 0 Å². The summed E-state index contributed by atoms with van der Waals surface area (Å²) in [6.07, 6.45) is -9.55. The maximum atomic E-state index is 12.7. The molecule has 0 bridgehead atoms. The van der Waals surface area contributed by atoms with Gasteiger partial charge in [0.25, 0.3) is 0 Å². The molecule has 0 spiro atoms. The van der Waals surface area contributed by atoms with E-state index in [0.717, 1.165) is 10.8 Å². The van der Waals surface area contributed by atoms with Crippen LogP contribution in [0.2, 0.25) is 0 Å². The highest BCUT2D eigenvalue weighted by Gasteiger charge is 2.40. The van der Waals surface area contributed by atoms with E-state index in [9.17, 15) is 31.1 Å². The summed E-state index contributed by atoms with van der Waals surface area (Å²) in [6, 6.07) is 1.36. The van der Waals surface area contributed by atoms with Crippen molar-refractivity contribution in [1.29, 1.82) is 0 Å². The molecule has 2 aromatic heterocycles. The highest BCUT2D eigenvalue weighted by atomic mass is 32.1. The summed E-state index contributed by atoms with van der Waals surface area (Å²) in [7, 11) is 0. The van der Waals surface area contributed by atoms with Crippen LogP contribution in [-0.2, 0) is 12.4 Å². The molecule has 1 nitrogen and oxygen atoms in total. The number of rotatable bonds is 2. The third-order valence-corrected chi connectivity index (χ3v) is 4.18. The summed E-state index contributed by atoms with van der Waals surface area (Å²) in [6.45, 7) is 0. The van der Waals surface area contributed by atoms with Crippen LogP contribution in [0.25, 0.3) is 0 Å². The van der Waals surface area contributed by atoms with Crippen molar-refractivity contribution in [2.24, 2.45) is 0 Å². The first-order valence-corrected chi connectivity index (χ1v) is 6.72. The standard InChI is InChI=1S/C11H4F6OS2/c12-10(13,14)5-1-3-19-8(5)7(18)9-6(2-4-20-9)11(15,16)17/h1-4H. The molecule has 0 aliphatic heterocycles. The van der Waals surface area contributed by atoms with E-state index < -0.39 is 39.0 Å². The Kier molecular flexibility index (Phi) is 3.67. The number of carbonyl (C=O) groups is 1. The Morgan fingerprint density at radius 3 is 1.45 bits per heavy atom. The molecule has 0 saturated heterocycles. The lowest BCUT2D eigenvalue weighted by Crippen LogP contribution is -2.13. The largest absolute Gasteiger partial charge is 0.417 e. The zero-order valence-corrected chi connectivity index (χ0v) is 10.9. The second kappa shape index (κ2) is 4.88. The topological polar surface area (TPSA) is 17.1 Å². The van der Waals surface area contributed by atoms with E-state index in [4.69, 9.17) is 0 Å². The first-order valence-electron chi connectivity index (χ1n) is 4.96. The van der Waals surface area contributed by atoms with Crippen molar-refractivity contribution in [3.8, 4) is 0 Å². The SMILES string of the molecule is O=C(c1sccc1C(F)(F)F)c1sccc1C(F)(F)F. The molecule has 0 unspecified atom stereocenters. The van der Waals surface area contributed by atoms with Gasteiger partial charge in [-0.3, -0.25) is 4.79 Å². The van der Waals surface area contributed by atoms with Gasteiger partial charge in [-0.1, -0.05) is 0 Å². The van der Waals surface area contributed by atoms with Gasteiger partial charge >= 0.3 is 12.4 Å². The van der Waals surface area contributed by atoms with Gasteiger partial charge in [-0.05, 0) is 22.9 Å². The van der Waals surface area contributed by atoms with Gasteiger partial charge in [-0.2, -0.15) is 26.3 Å². The molecule has 2 heterocycles. The summed E-state index contributed by atoms with van der Waals surface area (Å²) in [5, 5.41) is 2.05. The van der Waals surface area contributed by atoms with Crippen LogP contribution in [0.3, 0.4) is 0 Å². The molecule has 20 heavy (non-hydrogen) atoms. The van der Waals surface area contributed by atoms with Crippen molar-refractivity contribution < 1.29 is 31.1 Å². The molecule has 0 fully saturated rings. The minimum atomic E-state index is -4.78. The van der Waals surface area contributed by atoms with Crippen LogP contribution in [-0.4, -0.2) is 5.78 Å². The normalized spacial score (nSPS) is 12.7. The van der Waals surface area contributed by atoms with E-state index in [2.05, 4.69) is 0 Å². The maximum absolute atomic E-state index is 12.7. The van der Waals surface area contributed by atoms with Gasteiger partial charge in [0.1, 0.15) is 0 Å². The lowest BCUT2D eigenvalue weighted by molar-refractivity contribution is -0.137. The van der Waals surface area contributed by atoms with Crippen LogP contribution in [0.5, 0.6) is 0 Å². The molecule has 0 aliphatic rings. The van der Waals surface area contributed by atoms with Crippen LogP contribution in [0, 0.1) is 0 Å². The minimum absolute atomic E-state index is 0.472. The molecule has 0 atom stereocenters. The van der Waals surface area contributed by atoms with Crippen LogP contribution in [0.4, 0.5) is 26.3 Å². The van der Waals surface area contributed by atoms with Gasteiger partial charge in [0.2, 0.25) is 5.78 Å². The fourth-order valence-electron chi connectivity index (χ4n) is 1.52. The fraction of sp³-hybridized carbons (Fsp3) is 0.182. The maximum Gasteiger partial charge on any atom is 0.417 e. The average molecular weight is 330 g/mol. The van der Waals surface area contributed by atoms with Crippen molar-refractivity contribution in [3.05, 3.63) is 43.8 Å². The molecule has 0 amide bonds. The Morgan fingerprint density at radius 1 is 0.800 bits per heavy atom. The number of carbonyl (C=O) groups excluding carboxylic acids is 1. The zero-order chi connectivity index (χ0) is 15.1. The second-order valence-electron chi connectivity index (χ2n) is 3.65. The van der Waals surface area contributed by atoms with Crippen LogP contribution >= 0.6 is 22.7 Å². The summed E-state index contributed by atoms with van der Waals surface area (Å²) >= 11 is 0.944. The average Bonchev–Trinajstić information content (AvgIpc) is 2.95. The smallest absolute Gasteiger partial charge is 0.287 e. The highest BCUT2D eigenvalue weighted by molar-refractivity contribution is 7.16. The van der Waals surface area contributed by atoms with Gasteiger partial charge < -0.3 is 0 Å². The van der Waals surface area contributed by atoms with E-state index in [1.165, 1.54) is 0 Å². The number of ketones is 1. The number of alkyl halides is 6. The third kappa shape index (κ3) is 2.73. The molecule has 0 saturated carbocycles. The molecule has 108 valence electrons. The lowest BCUT2D eigenvalue weighted by atomic mass is 10.1. The summed E-state index contributed by atoms with van der Waals surface area (Å²) < 4.78 is 75.9. The van der Waals surface area contributed by atoms with E-state index >= 15 is 0 Å². The third-order valence-electron chi connectivity index (χ3n) is 2.35. The molecule has 0 radical (unpaired) electrons. The zero-order valence-electron chi connectivity index (χ0n) is 9.30. The predicted molar refractivity (Wildman–Crippen MR) is 62.1 cm³/mol. The monoisotopic (exact) mass is 330 g/mol. The second-order valence-corrected chi connectivity index (χ2v) is 5.48. The van der Waals surface area contributed by atoms with Crippen molar-refractivity contribution in [2.75, 3.05) is 0 Å². The van der Waals surface area contributed by atoms with Gasteiger partial charge in [-0.15, -0.1) is 22.7 Å². The molecular formula is C11H4F6OS2. The molecule has 2 rings (SSSR count). The summed E-state index contributed by atoms with van der Waals surface area (Å²) in [5.41, 5.74) is -2.43. The van der Waals surface area contributed by atoms with Crippen molar-refractivity contribution in [1.82, 2.24) is 0 Å². The molecule has 0 N–H and O–H groups in total. The molecule has 9 heteroatoms. The Labute approximate surface area is 116 Å². The lowest BCUT2D eigenvalue weighted by Gasteiger charge is -2.09. The quantitative estimate of drug-likeness (QED) is 0.554. The van der Waals surface area contributed by atoms with Gasteiger partial charge in [-0.25, -0.2) is 0 Å². The Bertz CT molecular complexity index is 580. The van der Waals surface area contributed by atoms with Gasteiger partial charge in [0, 0.05) is 0 Å². The van der Waals surface area contributed by atoms with E-state index in [1.807, 2.05) is 0 Å². The molecule has 2 aromatic rings. The fourth-order valence-corrected chi connectivity index (χ4v) is 3.30. The Hall–Kier alpha value is -1.35.